The number of benzene rings is 1. The van der Waals surface area contributed by atoms with E-state index in [1.54, 1.807) is 7.05 Å². The van der Waals surface area contributed by atoms with Crippen LogP contribution in [-0.2, 0) is 12.7 Å². The Morgan fingerprint density at radius 2 is 1.88 bits per heavy atom. The highest BCUT2D eigenvalue weighted by molar-refractivity contribution is 5.79. The highest BCUT2D eigenvalue weighted by Crippen LogP contribution is 2.27. The number of hydrogen-bond acceptors (Lipinski definition) is 4. The van der Waals surface area contributed by atoms with Gasteiger partial charge in [-0.2, -0.15) is 13.2 Å². The topological polar surface area (TPSA) is 65.4 Å². The maximum absolute atomic E-state index is 12.6. The van der Waals surface area contributed by atoms with Crippen molar-refractivity contribution in [2.45, 2.75) is 12.7 Å². The van der Waals surface area contributed by atoms with Crippen LogP contribution in [0, 0.1) is 0 Å². The molecule has 140 valence electrons. The fraction of sp³-hybridized carbons (Fsp3) is 0.353. The standard InChI is InChI=1S/C17H21F3N6/c1-21-16(26(2)12-13-6-4-3-5-7-13)24-11-10-23-15-22-9-8-14(25-15)17(18,19)20/h3-9H,10-12H2,1-2H3,(H,21,24)(H,22,23,25). The SMILES string of the molecule is CN=C(NCCNc1nccc(C(F)(F)F)n1)N(C)Cc1ccccc1. The Kier molecular flexibility index (Phi) is 6.76. The Bertz CT molecular complexity index is 718. The van der Waals surface area contributed by atoms with E-state index in [0.29, 0.717) is 25.6 Å². The van der Waals surface area contributed by atoms with E-state index < -0.39 is 11.9 Å². The van der Waals surface area contributed by atoms with Gasteiger partial charge in [-0.3, -0.25) is 4.99 Å². The van der Waals surface area contributed by atoms with Crippen molar-refractivity contribution in [3.05, 3.63) is 53.9 Å². The number of aromatic nitrogens is 2. The Balaban J connectivity index is 1.81. The van der Waals surface area contributed by atoms with Crippen LogP contribution in [0.3, 0.4) is 0 Å². The number of nitrogens with zero attached hydrogens (tertiary/aromatic N) is 4. The summed E-state index contributed by atoms with van der Waals surface area (Å²) in [5.41, 5.74) is 0.176. The number of alkyl halides is 3. The van der Waals surface area contributed by atoms with Gasteiger partial charge in [0.05, 0.1) is 0 Å². The average Bonchev–Trinajstić information content (AvgIpc) is 2.62. The Labute approximate surface area is 150 Å². The second kappa shape index (κ2) is 9.02. The maximum atomic E-state index is 12.6. The summed E-state index contributed by atoms with van der Waals surface area (Å²) in [6.07, 6.45) is -3.40. The van der Waals surface area contributed by atoms with Crippen molar-refractivity contribution < 1.29 is 13.2 Å². The molecule has 0 aliphatic carbocycles. The van der Waals surface area contributed by atoms with Crippen LogP contribution >= 0.6 is 0 Å². The predicted molar refractivity (Wildman–Crippen MR) is 94.8 cm³/mol. The second-order valence-corrected chi connectivity index (χ2v) is 5.51. The highest BCUT2D eigenvalue weighted by atomic mass is 19.4. The third-order valence-electron chi connectivity index (χ3n) is 3.47. The third-order valence-corrected chi connectivity index (χ3v) is 3.47. The molecule has 1 aromatic heterocycles. The number of nitrogens with one attached hydrogen (secondary N) is 2. The zero-order valence-corrected chi connectivity index (χ0v) is 14.6. The molecule has 9 heteroatoms. The van der Waals surface area contributed by atoms with Gasteiger partial charge < -0.3 is 15.5 Å². The minimum atomic E-state index is -4.49. The van der Waals surface area contributed by atoms with Crippen molar-refractivity contribution in [3.63, 3.8) is 0 Å². The van der Waals surface area contributed by atoms with Gasteiger partial charge in [-0.25, -0.2) is 9.97 Å². The molecule has 0 atom stereocenters. The molecule has 2 rings (SSSR count). The number of aliphatic imine (C=N–C) groups is 1. The molecule has 0 radical (unpaired) electrons. The van der Waals surface area contributed by atoms with Crippen molar-refractivity contribution in [2.75, 3.05) is 32.5 Å². The number of rotatable bonds is 6. The molecule has 0 unspecified atom stereocenters. The van der Waals surface area contributed by atoms with E-state index >= 15 is 0 Å². The Hall–Kier alpha value is -2.84. The molecule has 0 saturated heterocycles. The van der Waals surface area contributed by atoms with Gasteiger partial charge in [0.1, 0.15) is 5.69 Å². The molecule has 0 fully saturated rings. The van der Waals surface area contributed by atoms with Gasteiger partial charge >= 0.3 is 6.18 Å². The zero-order valence-electron chi connectivity index (χ0n) is 14.6. The second-order valence-electron chi connectivity index (χ2n) is 5.51. The first-order valence-electron chi connectivity index (χ1n) is 8.00. The summed E-state index contributed by atoms with van der Waals surface area (Å²) < 4.78 is 37.9. The molecule has 1 aromatic carbocycles. The molecule has 2 N–H and O–H groups in total. The van der Waals surface area contributed by atoms with Gasteiger partial charge in [0.25, 0.3) is 0 Å². The predicted octanol–water partition coefficient (Wildman–Crippen LogP) is 2.61. The monoisotopic (exact) mass is 366 g/mol. The number of hydrogen-bond donors (Lipinski definition) is 2. The third kappa shape index (κ3) is 5.91. The molecule has 0 aliphatic rings. The van der Waals surface area contributed by atoms with Crippen LogP contribution in [0.5, 0.6) is 0 Å². The highest BCUT2D eigenvalue weighted by Gasteiger charge is 2.32. The molecule has 0 bridgehead atoms. The van der Waals surface area contributed by atoms with Gasteiger partial charge in [0.15, 0.2) is 5.96 Å². The zero-order chi connectivity index (χ0) is 19.0. The normalized spacial score (nSPS) is 12.0. The summed E-state index contributed by atoms with van der Waals surface area (Å²) in [6, 6.07) is 10.8. The average molecular weight is 366 g/mol. The van der Waals surface area contributed by atoms with Gasteiger partial charge in [-0.05, 0) is 11.6 Å². The van der Waals surface area contributed by atoms with Crippen molar-refractivity contribution in [1.29, 1.82) is 0 Å². The van der Waals surface area contributed by atoms with Crippen molar-refractivity contribution in [1.82, 2.24) is 20.2 Å². The summed E-state index contributed by atoms with van der Waals surface area (Å²) in [6.45, 7) is 1.48. The largest absolute Gasteiger partial charge is 0.433 e. The van der Waals surface area contributed by atoms with E-state index in [-0.39, 0.29) is 5.95 Å². The molecule has 0 aliphatic heterocycles. The molecule has 0 saturated carbocycles. The number of anilines is 1. The van der Waals surface area contributed by atoms with Crippen molar-refractivity contribution >= 4 is 11.9 Å². The molecule has 1 heterocycles. The summed E-state index contributed by atoms with van der Waals surface area (Å²) in [5.74, 6) is 0.620. The summed E-state index contributed by atoms with van der Waals surface area (Å²) in [5, 5.41) is 5.91. The molecule has 0 spiro atoms. The maximum Gasteiger partial charge on any atom is 0.433 e. The van der Waals surface area contributed by atoms with Crippen LogP contribution in [-0.4, -0.2) is 48.0 Å². The van der Waals surface area contributed by atoms with Crippen LogP contribution in [0.2, 0.25) is 0 Å². The fourth-order valence-corrected chi connectivity index (χ4v) is 2.27. The molecule has 0 amide bonds. The van der Waals surface area contributed by atoms with E-state index in [0.717, 1.165) is 17.8 Å². The fourth-order valence-electron chi connectivity index (χ4n) is 2.27. The smallest absolute Gasteiger partial charge is 0.354 e. The number of guanidine groups is 1. The number of halogens is 3. The lowest BCUT2D eigenvalue weighted by Crippen LogP contribution is -2.40. The van der Waals surface area contributed by atoms with Gasteiger partial charge in [0.2, 0.25) is 5.95 Å². The minimum absolute atomic E-state index is 0.0609. The Morgan fingerprint density at radius 3 is 2.54 bits per heavy atom. The van der Waals surface area contributed by atoms with E-state index in [9.17, 15) is 13.2 Å². The van der Waals surface area contributed by atoms with Gasteiger partial charge in [0, 0.05) is 39.9 Å². The first-order valence-corrected chi connectivity index (χ1v) is 8.00. The van der Waals surface area contributed by atoms with Crippen LogP contribution in [0.1, 0.15) is 11.3 Å². The quantitative estimate of drug-likeness (QED) is 0.467. The lowest BCUT2D eigenvalue weighted by Gasteiger charge is -2.22. The molecular formula is C17H21F3N6. The van der Waals surface area contributed by atoms with E-state index in [1.165, 1.54) is 0 Å². The van der Waals surface area contributed by atoms with Crippen LogP contribution < -0.4 is 10.6 Å². The van der Waals surface area contributed by atoms with E-state index in [1.807, 2.05) is 42.3 Å². The first kappa shape index (κ1) is 19.5. The lowest BCUT2D eigenvalue weighted by molar-refractivity contribution is -0.141. The van der Waals surface area contributed by atoms with E-state index in [4.69, 9.17) is 0 Å². The molecule has 2 aromatic rings. The van der Waals surface area contributed by atoms with E-state index in [2.05, 4.69) is 25.6 Å². The minimum Gasteiger partial charge on any atom is -0.354 e. The lowest BCUT2D eigenvalue weighted by atomic mass is 10.2. The van der Waals surface area contributed by atoms with Gasteiger partial charge in [-0.15, -0.1) is 0 Å². The summed E-state index contributed by atoms with van der Waals surface area (Å²) in [7, 11) is 3.58. The van der Waals surface area contributed by atoms with Crippen molar-refractivity contribution in [3.8, 4) is 0 Å². The molecule has 6 nitrogen and oxygen atoms in total. The van der Waals surface area contributed by atoms with Gasteiger partial charge in [-0.1, -0.05) is 30.3 Å². The van der Waals surface area contributed by atoms with Crippen LogP contribution in [0.4, 0.5) is 19.1 Å². The van der Waals surface area contributed by atoms with Crippen molar-refractivity contribution in [2.24, 2.45) is 4.99 Å². The first-order chi connectivity index (χ1) is 12.4. The van der Waals surface area contributed by atoms with Crippen LogP contribution in [0.15, 0.2) is 47.6 Å². The Morgan fingerprint density at radius 1 is 1.15 bits per heavy atom. The summed E-state index contributed by atoms with van der Waals surface area (Å²) in [4.78, 5) is 13.4. The molecular weight excluding hydrogens is 345 g/mol. The molecule has 26 heavy (non-hydrogen) atoms. The van der Waals surface area contributed by atoms with Crippen LogP contribution in [0.25, 0.3) is 0 Å². The summed E-state index contributed by atoms with van der Waals surface area (Å²) >= 11 is 0.